The zero-order chi connectivity index (χ0) is 19.8. The molecule has 2 aliphatic rings. The smallest absolute Gasteiger partial charge is 0.276 e. The maximum absolute atomic E-state index is 13.0. The quantitative estimate of drug-likeness (QED) is 0.673. The van der Waals surface area contributed by atoms with Crippen LogP contribution in [0.3, 0.4) is 0 Å². The van der Waals surface area contributed by atoms with E-state index in [2.05, 4.69) is 44.5 Å². The minimum absolute atomic E-state index is 0.118. The summed E-state index contributed by atoms with van der Waals surface area (Å²) in [6.07, 6.45) is 4.25. The number of hydrogen-bond acceptors (Lipinski definition) is 7. The summed E-state index contributed by atoms with van der Waals surface area (Å²) in [6, 6.07) is 8.39. The molecular weight excluding hydrogens is 370 g/mol. The second-order valence-electron chi connectivity index (χ2n) is 7.75. The highest BCUT2D eigenvalue weighted by molar-refractivity contribution is 5.92. The van der Waals surface area contributed by atoms with Crippen molar-refractivity contribution >= 4 is 5.91 Å². The SMILES string of the molecule is Cc1nonc1C1CCCN1C(=O)c1coc(CN2CCc3ccccc3C2)n1. The van der Waals surface area contributed by atoms with Crippen LogP contribution >= 0.6 is 0 Å². The minimum Gasteiger partial charge on any atom is -0.447 e. The molecule has 2 aromatic heterocycles. The molecule has 0 spiro atoms. The molecule has 1 fully saturated rings. The van der Waals surface area contributed by atoms with E-state index < -0.39 is 0 Å². The van der Waals surface area contributed by atoms with Gasteiger partial charge in [-0.05, 0) is 37.3 Å². The largest absolute Gasteiger partial charge is 0.447 e. The predicted molar refractivity (Wildman–Crippen MR) is 103 cm³/mol. The molecule has 8 heteroatoms. The number of nitrogens with zero attached hydrogens (tertiary/aromatic N) is 5. The van der Waals surface area contributed by atoms with Crippen molar-refractivity contribution in [3.63, 3.8) is 0 Å². The van der Waals surface area contributed by atoms with E-state index in [-0.39, 0.29) is 11.9 Å². The number of rotatable bonds is 4. The van der Waals surface area contributed by atoms with Crippen molar-refractivity contribution in [3.05, 3.63) is 64.6 Å². The number of hydrogen-bond donors (Lipinski definition) is 0. The number of aryl methyl sites for hydroxylation is 1. The number of oxazole rings is 1. The number of likely N-dealkylation sites (tertiary alicyclic amines) is 1. The number of benzene rings is 1. The molecule has 0 saturated carbocycles. The van der Waals surface area contributed by atoms with Gasteiger partial charge in [-0.3, -0.25) is 9.69 Å². The first-order valence-corrected chi connectivity index (χ1v) is 10.0. The Morgan fingerprint density at radius 1 is 1.21 bits per heavy atom. The van der Waals surface area contributed by atoms with Crippen molar-refractivity contribution in [3.8, 4) is 0 Å². The summed E-state index contributed by atoms with van der Waals surface area (Å²) in [5.41, 5.74) is 4.55. The first-order chi connectivity index (χ1) is 14.2. The lowest BCUT2D eigenvalue weighted by Gasteiger charge is -2.27. The van der Waals surface area contributed by atoms with Crippen LogP contribution in [0.15, 0.2) is 39.6 Å². The number of aromatic nitrogens is 3. The highest BCUT2D eigenvalue weighted by Gasteiger charge is 2.35. The summed E-state index contributed by atoms with van der Waals surface area (Å²) < 4.78 is 10.5. The summed E-state index contributed by atoms with van der Waals surface area (Å²) >= 11 is 0. The van der Waals surface area contributed by atoms with Crippen molar-refractivity contribution in [2.45, 2.75) is 45.3 Å². The molecular formula is C21H23N5O3. The van der Waals surface area contributed by atoms with Gasteiger partial charge in [-0.25, -0.2) is 9.61 Å². The fourth-order valence-electron chi connectivity index (χ4n) is 4.34. The first-order valence-electron chi connectivity index (χ1n) is 10.0. The lowest BCUT2D eigenvalue weighted by atomic mass is 10.00. The molecule has 150 valence electrons. The third kappa shape index (κ3) is 3.44. The van der Waals surface area contributed by atoms with Gasteiger partial charge in [0.2, 0.25) is 5.89 Å². The molecule has 3 aromatic rings. The van der Waals surface area contributed by atoms with Crippen molar-refractivity contribution in [1.82, 2.24) is 25.1 Å². The van der Waals surface area contributed by atoms with E-state index in [9.17, 15) is 4.79 Å². The Hall–Kier alpha value is -3.00. The first kappa shape index (κ1) is 18.1. The lowest BCUT2D eigenvalue weighted by Crippen LogP contribution is -2.32. The normalized spacial score (nSPS) is 19.5. The Morgan fingerprint density at radius 3 is 2.90 bits per heavy atom. The van der Waals surface area contributed by atoms with Crippen LogP contribution in [-0.4, -0.2) is 44.1 Å². The van der Waals surface area contributed by atoms with E-state index in [1.54, 1.807) is 4.90 Å². The predicted octanol–water partition coefficient (Wildman–Crippen LogP) is 2.90. The molecule has 0 radical (unpaired) electrons. The van der Waals surface area contributed by atoms with Gasteiger partial charge in [0.15, 0.2) is 5.69 Å². The van der Waals surface area contributed by atoms with Crippen LogP contribution in [0.25, 0.3) is 0 Å². The van der Waals surface area contributed by atoms with Gasteiger partial charge in [0, 0.05) is 19.6 Å². The standard InChI is InChI=1S/C21H23N5O3/c1-14-20(24-29-23-14)18-7-4-9-26(18)21(27)17-13-28-19(22-17)12-25-10-8-15-5-2-3-6-16(15)11-25/h2-3,5-6,13,18H,4,7-12H2,1H3. The van der Waals surface area contributed by atoms with Crippen LogP contribution < -0.4 is 0 Å². The van der Waals surface area contributed by atoms with Gasteiger partial charge in [-0.15, -0.1) is 0 Å². The summed E-state index contributed by atoms with van der Waals surface area (Å²) in [6.45, 7) is 4.93. The summed E-state index contributed by atoms with van der Waals surface area (Å²) in [5, 5.41) is 7.84. The third-order valence-electron chi connectivity index (χ3n) is 5.86. The zero-order valence-electron chi connectivity index (χ0n) is 16.4. The molecule has 1 amide bonds. The van der Waals surface area contributed by atoms with Crippen LogP contribution in [-0.2, 0) is 19.5 Å². The Kier molecular flexibility index (Phi) is 4.63. The van der Waals surface area contributed by atoms with Gasteiger partial charge in [-0.2, -0.15) is 0 Å². The van der Waals surface area contributed by atoms with Crippen LogP contribution in [0.4, 0.5) is 0 Å². The van der Waals surface area contributed by atoms with E-state index in [0.29, 0.717) is 24.7 Å². The van der Waals surface area contributed by atoms with Crippen LogP contribution in [0, 0.1) is 6.92 Å². The highest BCUT2D eigenvalue weighted by atomic mass is 16.6. The molecule has 1 aromatic carbocycles. The monoisotopic (exact) mass is 393 g/mol. The molecule has 1 atom stereocenters. The van der Waals surface area contributed by atoms with Crippen molar-refractivity contribution in [1.29, 1.82) is 0 Å². The molecule has 0 aliphatic carbocycles. The van der Waals surface area contributed by atoms with Gasteiger partial charge >= 0.3 is 0 Å². The van der Waals surface area contributed by atoms with Crippen molar-refractivity contribution < 1.29 is 13.8 Å². The van der Waals surface area contributed by atoms with Gasteiger partial charge in [0.05, 0.1) is 12.6 Å². The van der Waals surface area contributed by atoms with Crippen molar-refractivity contribution in [2.75, 3.05) is 13.1 Å². The van der Waals surface area contributed by atoms with Crippen LogP contribution in [0.5, 0.6) is 0 Å². The van der Waals surface area contributed by atoms with E-state index >= 15 is 0 Å². The van der Waals surface area contributed by atoms with E-state index in [1.807, 2.05) is 6.92 Å². The van der Waals surface area contributed by atoms with E-state index in [0.717, 1.165) is 43.7 Å². The van der Waals surface area contributed by atoms with Gasteiger partial charge in [-0.1, -0.05) is 34.6 Å². The van der Waals surface area contributed by atoms with Gasteiger partial charge in [0.25, 0.3) is 5.91 Å². The van der Waals surface area contributed by atoms with Crippen molar-refractivity contribution in [2.24, 2.45) is 0 Å². The van der Waals surface area contributed by atoms with Crippen LogP contribution in [0.2, 0.25) is 0 Å². The molecule has 4 heterocycles. The molecule has 1 saturated heterocycles. The van der Waals surface area contributed by atoms with Crippen LogP contribution in [0.1, 0.15) is 57.8 Å². The topological polar surface area (TPSA) is 88.5 Å². The van der Waals surface area contributed by atoms with Gasteiger partial charge < -0.3 is 9.32 Å². The minimum atomic E-state index is -0.131. The maximum Gasteiger partial charge on any atom is 0.276 e. The Bertz CT molecular complexity index is 1030. The number of carbonyl (C=O) groups is 1. The number of fused-ring (bicyclic) bond motifs is 1. The highest BCUT2D eigenvalue weighted by Crippen LogP contribution is 2.33. The van der Waals surface area contributed by atoms with Gasteiger partial charge in [0.1, 0.15) is 17.7 Å². The molecule has 29 heavy (non-hydrogen) atoms. The molecule has 0 bridgehead atoms. The Balaban J connectivity index is 1.28. The second-order valence-corrected chi connectivity index (χ2v) is 7.75. The summed E-state index contributed by atoms with van der Waals surface area (Å²) in [7, 11) is 0. The lowest BCUT2D eigenvalue weighted by molar-refractivity contribution is 0.0724. The zero-order valence-corrected chi connectivity index (χ0v) is 16.4. The average Bonchev–Trinajstić information content (AvgIpc) is 3.48. The number of amides is 1. The summed E-state index contributed by atoms with van der Waals surface area (Å²) in [5.74, 6) is 0.441. The molecule has 8 nitrogen and oxygen atoms in total. The van der Waals surface area contributed by atoms with E-state index in [4.69, 9.17) is 9.05 Å². The fourth-order valence-corrected chi connectivity index (χ4v) is 4.34. The fraction of sp³-hybridized carbons (Fsp3) is 0.429. The second kappa shape index (κ2) is 7.44. The molecule has 5 rings (SSSR count). The average molecular weight is 393 g/mol. The molecule has 0 N–H and O–H groups in total. The Labute approximate surface area is 168 Å². The Morgan fingerprint density at radius 2 is 2.07 bits per heavy atom. The number of carbonyl (C=O) groups excluding carboxylic acids is 1. The third-order valence-corrected chi connectivity index (χ3v) is 5.86. The summed E-state index contributed by atoms with van der Waals surface area (Å²) in [4.78, 5) is 21.6. The maximum atomic E-state index is 13.0. The van der Waals surface area contributed by atoms with E-state index in [1.165, 1.54) is 17.4 Å². The molecule has 2 aliphatic heterocycles. The molecule has 1 unspecified atom stereocenters.